The molecule has 0 aliphatic carbocycles. The molecule has 0 fully saturated rings. The summed E-state index contributed by atoms with van der Waals surface area (Å²) in [6.07, 6.45) is 1.82. The number of rotatable bonds is 4. The molecule has 0 saturated heterocycles. The molecule has 0 bridgehead atoms. The second-order valence-electron chi connectivity index (χ2n) is 5.68. The zero-order valence-electron chi connectivity index (χ0n) is 13.0. The van der Waals surface area contributed by atoms with E-state index in [9.17, 15) is 9.59 Å². The third kappa shape index (κ3) is 2.45. The summed E-state index contributed by atoms with van der Waals surface area (Å²) in [7, 11) is 0. The summed E-state index contributed by atoms with van der Waals surface area (Å²) in [5, 5.41) is 0. The van der Waals surface area contributed by atoms with Gasteiger partial charge in [-0.05, 0) is 24.1 Å². The SMILES string of the molecule is CCCCN1C(=O)C(Cl)(c2ccccc2)C(=O)c2ccccc21. The molecule has 2 aromatic carbocycles. The van der Waals surface area contributed by atoms with E-state index in [4.69, 9.17) is 11.6 Å². The molecule has 2 aromatic rings. The number of fused-ring (bicyclic) bond motifs is 1. The van der Waals surface area contributed by atoms with E-state index >= 15 is 0 Å². The molecule has 0 N–H and O–H groups in total. The highest BCUT2D eigenvalue weighted by Gasteiger charge is 2.52. The number of ketones is 1. The molecule has 0 aromatic heterocycles. The Balaban J connectivity index is 2.16. The fraction of sp³-hybridized carbons (Fsp3) is 0.263. The van der Waals surface area contributed by atoms with Gasteiger partial charge in [-0.1, -0.05) is 67.4 Å². The van der Waals surface area contributed by atoms with Gasteiger partial charge in [-0.2, -0.15) is 0 Å². The van der Waals surface area contributed by atoms with Gasteiger partial charge in [0.25, 0.3) is 5.91 Å². The molecule has 0 radical (unpaired) electrons. The Bertz CT molecular complexity index is 744. The fourth-order valence-corrected chi connectivity index (χ4v) is 3.27. The number of unbranched alkanes of at least 4 members (excludes halogenated alkanes) is 1. The molecule has 23 heavy (non-hydrogen) atoms. The molecule has 3 rings (SSSR count). The monoisotopic (exact) mass is 327 g/mol. The Hall–Kier alpha value is -2.13. The third-order valence-electron chi connectivity index (χ3n) is 4.20. The number of halogens is 1. The second kappa shape index (κ2) is 6.17. The summed E-state index contributed by atoms with van der Waals surface area (Å²) in [4.78, 5) is 26.1. The fourth-order valence-electron chi connectivity index (χ4n) is 2.94. The minimum atomic E-state index is -1.68. The lowest BCUT2D eigenvalue weighted by molar-refractivity contribution is -0.120. The van der Waals surface area contributed by atoms with E-state index in [1.165, 1.54) is 0 Å². The van der Waals surface area contributed by atoms with Gasteiger partial charge in [0.1, 0.15) is 0 Å². The van der Waals surface area contributed by atoms with Crippen LogP contribution in [-0.4, -0.2) is 18.2 Å². The van der Waals surface area contributed by atoms with Crippen LogP contribution >= 0.6 is 11.6 Å². The minimum absolute atomic E-state index is 0.348. The van der Waals surface area contributed by atoms with Gasteiger partial charge in [0.15, 0.2) is 5.78 Å². The average Bonchev–Trinajstić information content (AvgIpc) is 2.60. The topological polar surface area (TPSA) is 37.4 Å². The number of Topliss-reactive ketones (excluding diaryl/α,β-unsaturated/α-hetero) is 1. The molecule has 0 saturated carbocycles. The molecule has 0 spiro atoms. The Labute approximate surface area is 140 Å². The van der Waals surface area contributed by atoms with E-state index in [1.54, 1.807) is 41.3 Å². The van der Waals surface area contributed by atoms with E-state index in [0.717, 1.165) is 12.8 Å². The number of anilines is 1. The number of hydrogen-bond donors (Lipinski definition) is 0. The molecular weight excluding hydrogens is 310 g/mol. The van der Waals surface area contributed by atoms with Gasteiger partial charge >= 0.3 is 0 Å². The lowest BCUT2D eigenvalue weighted by atomic mass is 9.84. The van der Waals surface area contributed by atoms with E-state index < -0.39 is 4.87 Å². The van der Waals surface area contributed by atoms with Crippen molar-refractivity contribution >= 4 is 29.0 Å². The van der Waals surface area contributed by atoms with Crippen molar-refractivity contribution in [3.63, 3.8) is 0 Å². The van der Waals surface area contributed by atoms with Gasteiger partial charge in [0.05, 0.1) is 5.69 Å². The highest BCUT2D eigenvalue weighted by atomic mass is 35.5. The minimum Gasteiger partial charge on any atom is -0.309 e. The number of carbonyl (C=O) groups excluding carboxylic acids is 2. The molecule has 118 valence electrons. The Morgan fingerprint density at radius 1 is 1.00 bits per heavy atom. The van der Waals surface area contributed by atoms with Crippen molar-refractivity contribution in [1.82, 2.24) is 0 Å². The quantitative estimate of drug-likeness (QED) is 0.625. The van der Waals surface area contributed by atoms with Crippen LogP contribution in [0.3, 0.4) is 0 Å². The predicted octanol–water partition coefficient (Wildman–Crippen LogP) is 4.15. The number of amides is 1. The lowest BCUT2D eigenvalue weighted by Crippen LogP contribution is -2.53. The highest BCUT2D eigenvalue weighted by Crippen LogP contribution is 2.42. The van der Waals surface area contributed by atoms with Crippen LogP contribution in [0.5, 0.6) is 0 Å². The van der Waals surface area contributed by atoms with Crippen molar-refractivity contribution in [2.45, 2.75) is 24.6 Å². The highest BCUT2D eigenvalue weighted by molar-refractivity contribution is 6.51. The Morgan fingerprint density at radius 2 is 1.65 bits per heavy atom. The third-order valence-corrected chi connectivity index (χ3v) is 4.75. The molecule has 1 atom stereocenters. The summed E-state index contributed by atoms with van der Waals surface area (Å²) in [5.74, 6) is -0.707. The van der Waals surface area contributed by atoms with E-state index in [-0.39, 0.29) is 11.7 Å². The van der Waals surface area contributed by atoms with Gasteiger partial charge in [-0.25, -0.2) is 0 Å². The van der Waals surface area contributed by atoms with E-state index in [1.807, 2.05) is 18.2 Å². The second-order valence-corrected chi connectivity index (χ2v) is 6.25. The molecule has 1 amide bonds. The Morgan fingerprint density at radius 3 is 2.35 bits per heavy atom. The summed E-state index contributed by atoms with van der Waals surface area (Å²) in [6, 6.07) is 16.1. The first kappa shape index (κ1) is 15.8. The zero-order valence-corrected chi connectivity index (χ0v) is 13.7. The summed E-state index contributed by atoms with van der Waals surface area (Å²) < 4.78 is 0. The van der Waals surface area contributed by atoms with Gasteiger partial charge in [0.2, 0.25) is 4.87 Å². The molecule has 1 aliphatic heterocycles. The number of nitrogens with zero attached hydrogens (tertiary/aromatic N) is 1. The summed E-state index contributed by atoms with van der Waals surface area (Å²) in [6.45, 7) is 2.62. The normalized spacial score (nSPS) is 20.5. The maximum Gasteiger partial charge on any atom is 0.260 e. The summed E-state index contributed by atoms with van der Waals surface area (Å²) in [5.41, 5.74) is 1.68. The molecule has 1 unspecified atom stereocenters. The van der Waals surface area contributed by atoms with Crippen molar-refractivity contribution in [2.75, 3.05) is 11.4 Å². The molecule has 4 heteroatoms. The van der Waals surface area contributed by atoms with Gasteiger partial charge in [0, 0.05) is 12.1 Å². The van der Waals surface area contributed by atoms with Crippen LogP contribution in [0.2, 0.25) is 0 Å². The number of hydrogen-bond acceptors (Lipinski definition) is 2. The molecule has 3 nitrogen and oxygen atoms in total. The van der Waals surface area contributed by atoms with E-state index in [0.29, 0.717) is 23.4 Å². The zero-order chi connectivity index (χ0) is 16.4. The molecular formula is C19H18ClNO2. The van der Waals surface area contributed by atoms with Gasteiger partial charge in [-0.15, -0.1) is 0 Å². The van der Waals surface area contributed by atoms with Crippen molar-refractivity contribution in [3.8, 4) is 0 Å². The molecule has 1 heterocycles. The predicted molar refractivity (Wildman–Crippen MR) is 92.0 cm³/mol. The van der Waals surface area contributed by atoms with E-state index in [2.05, 4.69) is 6.92 Å². The first-order chi connectivity index (χ1) is 11.1. The average molecular weight is 328 g/mol. The van der Waals surface area contributed by atoms with Crippen molar-refractivity contribution < 1.29 is 9.59 Å². The van der Waals surface area contributed by atoms with Crippen molar-refractivity contribution in [1.29, 1.82) is 0 Å². The van der Waals surface area contributed by atoms with Crippen molar-refractivity contribution in [3.05, 3.63) is 65.7 Å². The molecule has 1 aliphatic rings. The smallest absolute Gasteiger partial charge is 0.260 e. The maximum absolute atomic E-state index is 13.1. The number of benzene rings is 2. The number of para-hydroxylation sites is 1. The first-order valence-electron chi connectivity index (χ1n) is 7.81. The Kier molecular flexibility index (Phi) is 4.22. The lowest BCUT2D eigenvalue weighted by Gasteiger charge is -2.38. The van der Waals surface area contributed by atoms with Crippen LogP contribution in [0.15, 0.2) is 54.6 Å². The largest absolute Gasteiger partial charge is 0.309 e. The number of alkyl halides is 1. The van der Waals surface area contributed by atoms with Crippen LogP contribution in [0.1, 0.15) is 35.7 Å². The summed E-state index contributed by atoms with van der Waals surface area (Å²) >= 11 is 6.66. The van der Waals surface area contributed by atoms with Crippen LogP contribution in [-0.2, 0) is 9.67 Å². The van der Waals surface area contributed by atoms with Crippen LogP contribution in [0, 0.1) is 0 Å². The van der Waals surface area contributed by atoms with Crippen LogP contribution < -0.4 is 4.90 Å². The maximum atomic E-state index is 13.1. The van der Waals surface area contributed by atoms with Crippen molar-refractivity contribution in [2.24, 2.45) is 0 Å². The first-order valence-corrected chi connectivity index (χ1v) is 8.18. The van der Waals surface area contributed by atoms with Gasteiger partial charge in [-0.3, -0.25) is 9.59 Å². The van der Waals surface area contributed by atoms with Crippen LogP contribution in [0.4, 0.5) is 5.69 Å². The van der Waals surface area contributed by atoms with Crippen LogP contribution in [0.25, 0.3) is 0 Å². The van der Waals surface area contributed by atoms with Gasteiger partial charge < -0.3 is 4.90 Å². The standard InChI is InChI=1S/C19H18ClNO2/c1-2-3-13-21-16-12-8-7-11-15(16)17(22)19(20,18(21)23)14-9-5-4-6-10-14/h4-12H,2-3,13H2,1H3. The number of carbonyl (C=O) groups is 2.